The standard InChI is InChI=1S/C20H21N7O2/c1-14-10-18(23-21-14)25-12-17(27(28)29)13-26(19-11-15(2)22-24-19)20(25)9-8-16-6-4-3-5-7-16/h3-12,20H,13H2,1-2H3,(H,21,23)(H,22,24)/b9-8+. The van der Waals surface area contributed by atoms with E-state index in [0.29, 0.717) is 11.6 Å². The molecule has 9 nitrogen and oxygen atoms in total. The van der Waals surface area contributed by atoms with Crippen LogP contribution in [0.15, 0.2) is 60.4 Å². The first kappa shape index (κ1) is 18.5. The van der Waals surface area contributed by atoms with Crippen LogP contribution in [0.1, 0.15) is 17.0 Å². The molecule has 0 saturated carbocycles. The van der Waals surface area contributed by atoms with Crippen LogP contribution in [-0.2, 0) is 0 Å². The van der Waals surface area contributed by atoms with Crippen LogP contribution in [-0.4, -0.2) is 38.0 Å². The number of aromatic nitrogens is 4. The molecule has 1 atom stereocenters. The molecule has 4 rings (SSSR count). The van der Waals surface area contributed by atoms with Gasteiger partial charge in [0.25, 0.3) is 5.70 Å². The molecule has 1 aliphatic rings. The Morgan fingerprint density at radius 2 is 1.76 bits per heavy atom. The topological polar surface area (TPSA) is 107 Å². The number of rotatable bonds is 5. The summed E-state index contributed by atoms with van der Waals surface area (Å²) in [4.78, 5) is 14.9. The van der Waals surface area contributed by atoms with Gasteiger partial charge in [0.2, 0.25) is 0 Å². The maximum absolute atomic E-state index is 11.6. The number of anilines is 2. The maximum atomic E-state index is 11.6. The highest BCUT2D eigenvalue weighted by Crippen LogP contribution is 2.29. The van der Waals surface area contributed by atoms with Crippen molar-refractivity contribution in [2.75, 3.05) is 16.3 Å². The Hall–Kier alpha value is -3.88. The molecule has 1 aromatic carbocycles. The van der Waals surface area contributed by atoms with Gasteiger partial charge in [-0.1, -0.05) is 36.4 Å². The van der Waals surface area contributed by atoms with Gasteiger partial charge in [0.15, 0.2) is 11.6 Å². The summed E-state index contributed by atoms with van der Waals surface area (Å²) >= 11 is 0. The first-order valence-electron chi connectivity index (χ1n) is 9.18. The second kappa shape index (κ2) is 7.63. The molecule has 1 unspecified atom stereocenters. The van der Waals surface area contributed by atoms with E-state index in [1.54, 1.807) is 11.1 Å². The van der Waals surface area contributed by atoms with E-state index in [-0.39, 0.29) is 23.3 Å². The van der Waals surface area contributed by atoms with E-state index in [2.05, 4.69) is 20.4 Å². The number of aryl methyl sites for hydroxylation is 2. The van der Waals surface area contributed by atoms with Crippen LogP contribution < -0.4 is 9.80 Å². The van der Waals surface area contributed by atoms with Crippen molar-refractivity contribution in [3.05, 3.63) is 87.5 Å². The van der Waals surface area contributed by atoms with Crippen molar-refractivity contribution >= 4 is 17.7 Å². The smallest absolute Gasteiger partial charge is 0.281 e. The third-order valence-corrected chi connectivity index (χ3v) is 4.66. The lowest BCUT2D eigenvalue weighted by molar-refractivity contribution is -0.426. The predicted molar refractivity (Wildman–Crippen MR) is 111 cm³/mol. The van der Waals surface area contributed by atoms with Gasteiger partial charge in [0.05, 0.1) is 11.1 Å². The zero-order valence-corrected chi connectivity index (χ0v) is 16.1. The fourth-order valence-corrected chi connectivity index (χ4v) is 3.26. The minimum atomic E-state index is -0.365. The van der Waals surface area contributed by atoms with Crippen LogP contribution in [0.5, 0.6) is 0 Å². The summed E-state index contributed by atoms with van der Waals surface area (Å²) in [6, 6.07) is 13.6. The SMILES string of the molecule is Cc1cc(N2C=C([N+](=O)[O-])CN(c3cc(C)[nH]n3)C2/C=C/c2ccccc2)n[nH]1. The second-order valence-corrected chi connectivity index (χ2v) is 6.91. The lowest BCUT2D eigenvalue weighted by Crippen LogP contribution is -2.51. The summed E-state index contributed by atoms with van der Waals surface area (Å²) in [5.74, 6) is 1.23. The van der Waals surface area contributed by atoms with Gasteiger partial charge >= 0.3 is 0 Å². The monoisotopic (exact) mass is 391 g/mol. The summed E-state index contributed by atoms with van der Waals surface area (Å²) in [5.41, 5.74) is 2.85. The summed E-state index contributed by atoms with van der Waals surface area (Å²) in [7, 11) is 0. The van der Waals surface area contributed by atoms with E-state index in [1.807, 2.05) is 73.4 Å². The van der Waals surface area contributed by atoms with Gasteiger partial charge in [-0.3, -0.25) is 20.3 Å². The average Bonchev–Trinajstić information content (AvgIpc) is 3.34. The summed E-state index contributed by atoms with van der Waals surface area (Å²) < 4.78 is 0. The minimum absolute atomic E-state index is 0.0654. The van der Waals surface area contributed by atoms with E-state index in [9.17, 15) is 10.1 Å². The molecule has 3 aromatic rings. The van der Waals surface area contributed by atoms with Crippen molar-refractivity contribution in [1.82, 2.24) is 20.4 Å². The number of nitrogens with zero attached hydrogens (tertiary/aromatic N) is 5. The van der Waals surface area contributed by atoms with Crippen LogP contribution in [0.25, 0.3) is 6.08 Å². The minimum Gasteiger partial charge on any atom is -0.320 e. The molecular formula is C20H21N7O2. The molecule has 9 heteroatoms. The van der Waals surface area contributed by atoms with Crippen LogP contribution in [0.4, 0.5) is 11.6 Å². The van der Waals surface area contributed by atoms with Crippen LogP contribution >= 0.6 is 0 Å². The highest BCUT2D eigenvalue weighted by Gasteiger charge is 2.35. The predicted octanol–water partition coefficient (Wildman–Crippen LogP) is 3.23. The first-order valence-corrected chi connectivity index (χ1v) is 9.18. The normalized spacial score (nSPS) is 17.0. The Kier molecular flexibility index (Phi) is 4.86. The zero-order valence-electron chi connectivity index (χ0n) is 16.1. The van der Waals surface area contributed by atoms with E-state index in [1.165, 1.54) is 0 Å². The Morgan fingerprint density at radius 3 is 2.34 bits per heavy atom. The van der Waals surface area contributed by atoms with E-state index >= 15 is 0 Å². The quantitative estimate of drug-likeness (QED) is 0.511. The molecule has 0 bridgehead atoms. The summed E-state index contributed by atoms with van der Waals surface area (Å²) in [6.07, 6.45) is 5.20. The largest absolute Gasteiger partial charge is 0.320 e. The van der Waals surface area contributed by atoms with Gasteiger partial charge in [0.1, 0.15) is 12.7 Å². The fourth-order valence-electron chi connectivity index (χ4n) is 3.26. The number of hydrogen-bond acceptors (Lipinski definition) is 6. The van der Waals surface area contributed by atoms with Gasteiger partial charge in [-0.25, -0.2) is 0 Å². The van der Waals surface area contributed by atoms with Crippen molar-refractivity contribution in [3.8, 4) is 0 Å². The Bertz CT molecular complexity index is 1070. The average molecular weight is 391 g/mol. The number of hydrogen-bond donors (Lipinski definition) is 2. The lowest BCUT2D eigenvalue weighted by Gasteiger charge is -2.38. The Morgan fingerprint density at radius 1 is 1.10 bits per heavy atom. The summed E-state index contributed by atoms with van der Waals surface area (Å²) in [5, 5.41) is 26.1. The molecule has 0 amide bonds. The molecule has 0 spiro atoms. The molecule has 29 heavy (non-hydrogen) atoms. The van der Waals surface area contributed by atoms with Crippen molar-refractivity contribution in [2.24, 2.45) is 0 Å². The molecule has 0 aliphatic carbocycles. The molecule has 0 fully saturated rings. The molecule has 148 valence electrons. The third kappa shape index (κ3) is 3.88. The molecule has 2 aromatic heterocycles. The molecule has 0 radical (unpaired) electrons. The van der Waals surface area contributed by atoms with E-state index in [4.69, 9.17) is 0 Å². The zero-order chi connectivity index (χ0) is 20.4. The Balaban J connectivity index is 1.80. The molecule has 0 saturated heterocycles. The van der Waals surface area contributed by atoms with Gasteiger partial charge in [-0.2, -0.15) is 10.2 Å². The van der Waals surface area contributed by atoms with Gasteiger partial charge in [-0.15, -0.1) is 0 Å². The van der Waals surface area contributed by atoms with Crippen molar-refractivity contribution in [3.63, 3.8) is 0 Å². The van der Waals surface area contributed by atoms with Crippen LogP contribution in [0, 0.1) is 24.0 Å². The van der Waals surface area contributed by atoms with Crippen molar-refractivity contribution < 1.29 is 4.92 Å². The number of H-pyrrole nitrogens is 2. The second-order valence-electron chi connectivity index (χ2n) is 6.91. The number of aromatic amines is 2. The van der Waals surface area contributed by atoms with Gasteiger partial charge in [-0.05, 0) is 25.5 Å². The first-order chi connectivity index (χ1) is 14.0. The number of benzene rings is 1. The van der Waals surface area contributed by atoms with Crippen LogP contribution in [0.2, 0.25) is 0 Å². The highest BCUT2D eigenvalue weighted by atomic mass is 16.6. The maximum Gasteiger partial charge on any atom is 0.281 e. The number of nitrogens with one attached hydrogen (secondary N) is 2. The fraction of sp³-hybridized carbons (Fsp3) is 0.200. The molecular weight excluding hydrogens is 370 g/mol. The lowest BCUT2D eigenvalue weighted by atomic mass is 10.1. The van der Waals surface area contributed by atoms with E-state index < -0.39 is 0 Å². The van der Waals surface area contributed by atoms with Gasteiger partial charge in [0, 0.05) is 23.5 Å². The summed E-state index contributed by atoms with van der Waals surface area (Å²) in [6.45, 7) is 3.91. The third-order valence-electron chi connectivity index (χ3n) is 4.66. The molecule has 1 aliphatic heterocycles. The van der Waals surface area contributed by atoms with Crippen molar-refractivity contribution in [2.45, 2.75) is 20.0 Å². The van der Waals surface area contributed by atoms with Gasteiger partial charge < -0.3 is 9.80 Å². The highest BCUT2D eigenvalue weighted by molar-refractivity contribution is 5.59. The molecule has 2 N–H and O–H groups in total. The van der Waals surface area contributed by atoms with Crippen LogP contribution in [0.3, 0.4) is 0 Å². The van der Waals surface area contributed by atoms with Crippen molar-refractivity contribution in [1.29, 1.82) is 0 Å². The molecule has 3 heterocycles. The number of nitro groups is 1. The Labute approximate surface area is 167 Å². The van der Waals surface area contributed by atoms with E-state index in [0.717, 1.165) is 17.0 Å².